The molecule has 0 unspecified atom stereocenters. The van der Waals surface area contributed by atoms with Gasteiger partial charge in [0.1, 0.15) is 0 Å². The number of anilines is 1. The van der Waals surface area contributed by atoms with E-state index in [9.17, 15) is 0 Å². The Morgan fingerprint density at radius 1 is 1.31 bits per heavy atom. The van der Waals surface area contributed by atoms with Crippen LogP contribution in [-0.4, -0.2) is 19.6 Å². The maximum absolute atomic E-state index is 6.04. The van der Waals surface area contributed by atoms with Gasteiger partial charge in [0, 0.05) is 12.2 Å². The minimum absolute atomic E-state index is 0.260. The van der Waals surface area contributed by atoms with Crippen LogP contribution in [0.5, 0.6) is 0 Å². The Balaban J connectivity index is 2.62. The Morgan fingerprint density at radius 3 is 2.50 bits per heavy atom. The lowest BCUT2D eigenvalue weighted by Crippen LogP contribution is -2.11. The molecule has 0 fully saturated rings. The van der Waals surface area contributed by atoms with E-state index in [2.05, 4.69) is 24.0 Å². The van der Waals surface area contributed by atoms with Crippen molar-refractivity contribution in [2.75, 3.05) is 5.73 Å². The molecule has 2 heterocycles. The van der Waals surface area contributed by atoms with Crippen LogP contribution in [0.25, 0.3) is 5.82 Å². The molecule has 0 spiro atoms. The van der Waals surface area contributed by atoms with E-state index in [0.717, 1.165) is 17.1 Å². The number of aryl methyl sites for hydroxylation is 2. The molecular formula is C11H17N5. The monoisotopic (exact) mass is 219 g/mol. The van der Waals surface area contributed by atoms with E-state index < -0.39 is 0 Å². The number of nitrogens with zero attached hydrogens (tertiary/aromatic N) is 4. The first-order chi connectivity index (χ1) is 7.50. The first-order valence-corrected chi connectivity index (χ1v) is 5.37. The minimum atomic E-state index is 0.260. The number of aromatic nitrogens is 4. The molecule has 0 aliphatic rings. The predicted octanol–water partition coefficient (Wildman–Crippen LogP) is 1.85. The largest absolute Gasteiger partial charge is 0.394 e. The van der Waals surface area contributed by atoms with Crippen molar-refractivity contribution in [2.45, 2.75) is 33.7 Å². The fourth-order valence-electron chi connectivity index (χ4n) is 1.67. The summed E-state index contributed by atoms with van der Waals surface area (Å²) in [7, 11) is 0. The third-order valence-electron chi connectivity index (χ3n) is 2.52. The van der Waals surface area contributed by atoms with Crippen molar-refractivity contribution in [3.8, 4) is 5.82 Å². The molecule has 0 saturated heterocycles. The Morgan fingerprint density at radius 2 is 2.00 bits per heavy atom. The first kappa shape index (κ1) is 10.7. The summed E-state index contributed by atoms with van der Waals surface area (Å²) in [5.74, 6) is 0.848. The van der Waals surface area contributed by atoms with Crippen molar-refractivity contribution in [1.82, 2.24) is 19.6 Å². The Bertz CT molecular complexity index is 506. The summed E-state index contributed by atoms with van der Waals surface area (Å²) >= 11 is 0. The molecular weight excluding hydrogens is 202 g/mol. The summed E-state index contributed by atoms with van der Waals surface area (Å²) in [5.41, 5.74) is 8.68. The molecule has 86 valence electrons. The normalized spacial score (nSPS) is 11.3. The second kappa shape index (κ2) is 3.66. The van der Waals surface area contributed by atoms with Crippen LogP contribution in [0.1, 0.15) is 31.1 Å². The predicted molar refractivity (Wildman–Crippen MR) is 63.6 cm³/mol. The summed E-state index contributed by atoms with van der Waals surface area (Å²) in [6.45, 7) is 8.06. The first-order valence-electron chi connectivity index (χ1n) is 5.37. The molecule has 16 heavy (non-hydrogen) atoms. The number of rotatable bonds is 2. The molecule has 2 N–H and O–H groups in total. The molecule has 0 aromatic carbocycles. The summed E-state index contributed by atoms with van der Waals surface area (Å²) < 4.78 is 3.68. The standard InChI is InChI=1S/C11H17N5/c1-7(2)16-11(10(12)9(4)14-16)15-6-8(3)5-13-15/h5-7H,12H2,1-4H3. The second-order valence-corrected chi connectivity index (χ2v) is 4.32. The average Bonchev–Trinajstić information content (AvgIpc) is 2.73. The summed E-state index contributed by atoms with van der Waals surface area (Å²) in [6.07, 6.45) is 3.76. The molecule has 2 rings (SSSR count). The van der Waals surface area contributed by atoms with Gasteiger partial charge in [0.05, 0.1) is 17.6 Å². The fraction of sp³-hybridized carbons (Fsp3) is 0.455. The lowest BCUT2D eigenvalue weighted by atomic mass is 10.3. The fourth-order valence-corrected chi connectivity index (χ4v) is 1.67. The van der Waals surface area contributed by atoms with E-state index in [0.29, 0.717) is 5.69 Å². The van der Waals surface area contributed by atoms with Crippen LogP contribution in [0.4, 0.5) is 5.69 Å². The van der Waals surface area contributed by atoms with Gasteiger partial charge in [-0.2, -0.15) is 10.2 Å². The van der Waals surface area contributed by atoms with Gasteiger partial charge in [-0.25, -0.2) is 9.36 Å². The van der Waals surface area contributed by atoms with E-state index in [4.69, 9.17) is 5.73 Å². The zero-order valence-electron chi connectivity index (χ0n) is 10.1. The molecule has 5 heteroatoms. The van der Waals surface area contributed by atoms with E-state index in [-0.39, 0.29) is 6.04 Å². The highest BCUT2D eigenvalue weighted by molar-refractivity contribution is 5.57. The van der Waals surface area contributed by atoms with Crippen molar-refractivity contribution < 1.29 is 0 Å². The van der Waals surface area contributed by atoms with Crippen molar-refractivity contribution in [2.24, 2.45) is 0 Å². The summed E-state index contributed by atoms with van der Waals surface area (Å²) in [5, 5.41) is 8.71. The quantitative estimate of drug-likeness (QED) is 0.838. The van der Waals surface area contributed by atoms with E-state index in [1.165, 1.54) is 0 Å². The van der Waals surface area contributed by atoms with E-state index in [1.54, 1.807) is 4.68 Å². The molecule has 0 aliphatic carbocycles. The van der Waals surface area contributed by atoms with Crippen molar-refractivity contribution >= 4 is 5.69 Å². The molecule has 0 amide bonds. The molecule has 2 aromatic rings. The van der Waals surface area contributed by atoms with Crippen LogP contribution in [0.15, 0.2) is 12.4 Å². The van der Waals surface area contributed by atoms with E-state index >= 15 is 0 Å². The maximum atomic E-state index is 6.04. The Labute approximate surface area is 94.9 Å². The van der Waals surface area contributed by atoms with Crippen LogP contribution < -0.4 is 5.73 Å². The lowest BCUT2D eigenvalue weighted by Gasteiger charge is -2.10. The van der Waals surface area contributed by atoms with Gasteiger partial charge in [-0.15, -0.1) is 0 Å². The maximum Gasteiger partial charge on any atom is 0.175 e. The van der Waals surface area contributed by atoms with Crippen molar-refractivity contribution in [1.29, 1.82) is 0 Å². The zero-order valence-corrected chi connectivity index (χ0v) is 10.1. The number of hydrogen-bond acceptors (Lipinski definition) is 3. The summed E-state index contributed by atoms with van der Waals surface area (Å²) in [6, 6.07) is 0.260. The van der Waals surface area contributed by atoms with Gasteiger partial charge in [0.15, 0.2) is 5.82 Å². The van der Waals surface area contributed by atoms with Gasteiger partial charge in [0.25, 0.3) is 0 Å². The number of hydrogen-bond donors (Lipinski definition) is 1. The zero-order chi connectivity index (χ0) is 11.9. The number of nitrogens with two attached hydrogens (primary N) is 1. The smallest absolute Gasteiger partial charge is 0.175 e. The highest BCUT2D eigenvalue weighted by atomic mass is 15.4. The topological polar surface area (TPSA) is 61.7 Å². The van der Waals surface area contributed by atoms with Gasteiger partial charge in [-0.1, -0.05) is 0 Å². The molecule has 0 aliphatic heterocycles. The lowest BCUT2D eigenvalue weighted by molar-refractivity contribution is 0.512. The van der Waals surface area contributed by atoms with Gasteiger partial charge in [0.2, 0.25) is 0 Å². The van der Waals surface area contributed by atoms with Crippen LogP contribution >= 0.6 is 0 Å². The van der Waals surface area contributed by atoms with Crippen LogP contribution in [-0.2, 0) is 0 Å². The SMILES string of the molecule is Cc1cnn(-c2c(N)c(C)nn2C(C)C)c1. The molecule has 0 bridgehead atoms. The second-order valence-electron chi connectivity index (χ2n) is 4.32. The number of nitrogen functional groups attached to an aromatic ring is 1. The summed E-state index contributed by atoms with van der Waals surface area (Å²) in [4.78, 5) is 0. The van der Waals surface area contributed by atoms with Crippen molar-refractivity contribution in [3.05, 3.63) is 23.7 Å². The molecule has 2 aromatic heterocycles. The Kier molecular flexibility index (Phi) is 2.46. The average molecular weight is 219 g/mol. The molecule has 0 saturated carbocycles. The van der Waals surface area contributed by atoms with E-state index in [1.807, 2.05) is 30.9 Å². The highest BCUT2D eigenvalue weighted by Crippen LogP contribution is 2.23. The third-order valence-corrected chi connectivity index (χ3v) is 2.52. The molecule has 5 nitrogen and oxygen atoms in total. The third kappa shape index (κ3) is 1.58. The molecule has 0 radical (unpaired) electrons. The van der Waals surface area contributed by atoms with Crippen LogP contribution in [0.3, 0.4) is 0 Å². The van der Waals surface area contributed by atoms with Gasteiger partial charge in [-0.3, -0.25) is 0 Å². The highest BCUT2D eigenvalue weighted by Gasteiger charge is 2.16. The minimum Gasteiger partial charge on any atom is -0.394 e. The Hall–Kier alpha value is -1.78. The van der Waals surface area contributed by atoms with Gasteiger partial charge in [-0.05, 0) is 33.3 Å². The van der Waals surface area contributed by atoms with Gasteiger partial charge < -0.3 is 5.73 Å². The van der Waals surface area contributed by atoms with Crippen LogP contribution in [0, 0.1) is 13.8 Å². The van der Waals surface area contributed by atoms with Crippen molar-refractivity contribution in [3.63, 3.8) is 0 Å². The van der Waals surface area contributed by atoms with Gasteiger partial charge >= 0.3 is 0 Å². The van der Waals surface area contributed by atoms with Crippen LogP contribution in [0.2, 0.25) is 0 Å². The molecule has 0 atom stereocenters.